The molecule has 0 aliphatic carbocycles. The monoisotopic (exact) mass is 467 g/mol. The Morgan fingerprint density at radius 3 is 2.65 bits per heavy atom. The first-order valence-corrected chi connectivity index (χ1v) is 11.0. The first-order chi connectivity index (χ1) is 16.4. The maximum Gasteiger partial charge on any atom is 0.273 e. The average molecular weight is 468 g/mol. The predicted octanol–water partition coefficient (Wildman–Crippen LogP) is 3.76. The Kier molecular flexibility index (Phi) is 7.22. The summed E-state index contributed by atoms with van der Waals surface area (Å²) in [4.78, 5) is 18.8. The van der Waals surface area contributed by atoms with Gasteiger partial charge in [0.2, 0.25) is 12.7 Å². The van der Waals surface area contributed by atoms with E-state index in [2.05, 4.69) is 15.2 Å². The van der Waals surface area contributed by atoms with Crippen LogP contribution in [0, 0.1) is 0 Å². The molecule has 3 aromatic rings. The fourth-order valence-corrected chi connectivity index (χ4v) is 3.73. The minimum atomic E-state index is -0.262. The van der Waals surface area contributed by atoms with Crippen LogP contribution in [0.4, 0.5) is 0 Å². The number of rotatable bonds is 10. The van der Waals surface area contributed by atoms with Crippen molar-refractivity contribution in [1.29, 1.82) is 0 Å². The van der Waals surface area contributed by atoms with Gasteiger partial charge in [0.1, 0.15) is 17.8 Å². The number of nitrogens with one attached hydrogen (secondary N) is 1. The summed E-state index contributed by atoms with van der Waals surface area (Å²) in [5.74, 6) is 3.13. The second kappa shape index (κ2) is 10.5. The van der Waals surface area contributed by atoms with Gasteiger partial charge < -0.3 is 28.7 Å². The molecule has 0 fully saturated rings. The Labute approximate surface area is 198 Å². The number of benzene rings is 2. The molecule has 0 spiro atoms. The van der Waals surface area contributed by atoms with Crippen molar-refractivity contribution in [2.75, 3.05) is 21.0 Å². The summed E-state index contributed by atoms with van der Waals surface area (Å²) >= 11 is 0. The first kappa shape index (κ1) is 23.4. The summed E-state index contributed by atoms with van der Waals surface area (Å²) < 4.78 is 27.6. The van der Waals surface area contributed by atoms with Crippen molar-refractivity contribution in [3.63, 3.8) is 0 Å². The van der Waals surface area contributed by atoms with E-state index in [1.165, 1.54) is 6.26 Å². The molecule has 2 aromatic carbocycles. The number of carbonyl (C=O) groups is 1. The van der Waals surface area contributed by atoms with Crippen LogP contribution in [-0.4, -0.2) is 42.8 Å². The third-order valence-electron chi connectivity index (χ3n) is 5.29. The molecule has 0 unspecified atom stereocenters. The lowest BCUT2D eigenvalue weighted by Gasteiger charge is -2.22. The van der Waals surface area contributed by atoms with Crippen LogP contribution in [-0.2, 0) is 19.6 Å². The summed E-state index contributed by atoms with van der Waals surface area (Å²) in [5, 5.41) is 2.83. The lowest BCUT2D eigenvalue weighted by Crippen LogP contribution is -2.30. The van der Waals surface area contributed by atoms with Gasteiger partial charge in [-0.25, -0.2) is 4.98 Å². The zero-order valence-electron chi connectivity index (χ0n) is 19.8. The number of amides is 1. The fraction of sp³-hybridized carbons (Fsp3) is 0.360. The van der Waals surface area contributed by atoms with E-state index in [-0.39, 0.29) is 24.4 Å². The van der Waals surface area contributed by atoms with Crippen LogP contribution in [0.1, 0.15) is 41.4 Å². The summed E-state index contributed by atoms with van der Waals surface area (Å²) in [6, 6.07) is 11.6. The molecular formula is C25H29N3O6. The smallest absolute Gasteiger partial charge is 0.273 e. The highest BCUT2D eigenvalue weighted by atomic mass is 16.7. The van der Waals surface area contributed by atoms with Crippen LogP contribution in [0.15, 0.2) is 47.1 Å². The molecule has 2 heterocycles. The molecule has 1 N–H and O–H groups in total. The zero-order chi connectivity index (χ0) is 24.1. The number of methoxy groups -OCH3 is 2. The minimum absolute atomic E-state index is 0.00989. The number of hydrogen-bond donors (Lipinski definition) is 1. The van der Waals surface area contributed by atoms with E-state index >= 15 is 0 Å². The van der Waals surface area contributed by atoms with Gasteiger partial charge in [-0.05, 0) is 49.7 Å². The predicted molar refractivity (Wildman–Crippen MR) is 124 cm³/mol. The topological polar surface area (TPSA) is 95.3 Å². The lowest BCUT2D eigenvalue weighted by molar-refractivity contribution is 0.0938. The minimum Gasteiger partial charge on any atom is -0.497 e. The van der Waals surface area contributed by atoms with Gasteiger partial charge in [-0.15, -0.1) is 0 Å². The molecule has 1 aliphatic rings. The molecule has 0 bridgehead atoms. The lowest BCUT2D eigenvalue weighted by atomic mass is 10.1. The number of hydrogen-bond acceptors (Lipinski definition) is 8. The van der Waals surface area contributed by atoms with Crippen molar-refractivity contribution < 1.29 is 28.2 Å². The highest BCUT2D eigenvalue weighted by Gasteiger charge is 2.19. The van der Waals surface area contributed by atoms with Gasteiger partial charge in [0.05, 0.1) is 20.8 Å². The Hall–Kier alpha value is -3.72. The van der Waals surface area contributed by atoms with Crippen molar-refractivity contribution in [2.24, 2.45) is 0 Å². The number of aromatic nitrogens is 1. The molecule has 1 aromatic heterocycles. The third-order valence-corrected chi connectivity index (χ3v) is 5.29. The second-order valence-electron chi connectivity index (χ2n) is 8.27. The number of oxazole rings is 1. The maximum atomic E-state index is 12.3. The molecule has 9 nitrogen and oxygen atoms in total. The maximum absolute atomic E-state index is 12.3. The molecular weight excluding hydrogens is 438 g/mol. The van der Waals surface area contributed by atoms with E-state index in [1.54, 1.807) is 14.2 Å². The van der Waals surface area contributed by atoms with Gasteiger partial charge in [0.25, 0.3) is 5.91 Å². The van der Waals surface area contributed by atoms with Crippen molar-refractivity contribution in [3.8, 4) is 23.0 Å². The Morgan fingerprint density at radius 1 is 1.06 bits per heavy atom. The highest BCUT2D eigenvalue weighted by molar-refractivity contribution is 5.92. The normalized spacial score (nSPS) is 12.3. The molecule has 0 saturated heterocycles. The summed E-state index contributed by atoms with van der Waals surface area (Å²) in [7, 11) is 3.27. The van der Waals surface area contributed by atoms with E-state index in [0.29, 0.717) is 25.5 Å². The van der Waals surface area contributed by atoms with E-state index in [0.717, 1.165) is 34.1 Å². The Bertz CT molecular complexity index is 1140. The standard InChI is InChI=1S/C25H29N3O6/c1-16(2)26-25(29)20-14-32-24(27-20)13-28(11-17-5-7-22-23(9-17)34-15-33-22)12-18-10-19(30-3)6-8-21(18)31-4/h5-10,14,16H,11-13,15H2,1-4H3,(H,26,29). The number of carbonyl (C=O) groups excluding carboxylic acids is 1. The molecule has 180 valence electrons. The Morgan fingerprint density at radius 2 is 1.88 bits per heavy atom. The largest absolute Gasteiger partial charge is 0.497 e. The van der Waals surface area contributed by atoms with E-state index in [1.807, 2.05) is 50.2 Å². The molecule has 4 rings (SSSR count). The van der Waals surface area contributed by atoms with Gasteiger partial charge in [-0.2, -0.15) is 0 Å². The van der Waals surface area contributed by atoms with Crippen molar-refractivity contribution in [3.05, 3.63) is 65.4 Å². The fourth-order valence-electron chi connectivity index (χ4n) is 3.73. The van der Waals surface area contributed by atoms with Crippen molar-refractivity contribution in [1.82, 2.24) is 15.2 Å². The molecule has 1 amide bonds. The quantitative estimate of drug-likeness (QED) is 0.482. The van der Waals surface area contributed by atoms with Gasteiger partial charge in [-0.1, -0.05) is 6.07 Å². The van der Waals surface area contributed by atoms with Crippen molar-refractivity contribution >= 4 is 5.91 Å². The molecule has 0 saturated carbocycles. The summed E-state index contributed by atoms with van der Waals surface area (Å²) in [6.07, 6.45) is 1.39. The van der Waals surface area contributed by atoms with E-state index < -0.39 is 0 Å². The second-order valence-corrected chi connectivity index (χ2v) is 8.27. The van der Waals surface area contributed by atoms with Crippen LogP contribution in [0.3, 0.4) is 0 Å². The highest BCUT2D eigenvalue weighted by Crippen LogP contribution is 2.33. The summed E-state index contributed by atoms with van der Waals surface area (Å²) in [5.41, 5.74) is 2.24. The van der Waals surface area contributed by atoms with Crippen LogP contribution in [0.2, 0.25) is 0 Å². The molecule has 0 atom stereocenters. The van der Waals surface area contributed by atoms with Gasteiger partial charge >= 0.3 is 0 Å². The van der Waals surface area contributed by atoms with E-state index in [9.17, 15) is 4.79 Å². The first-order valence-electron chi connectivity index (χ1n) is 11.0. The van der Waals surface area contributed by atoms with Crippen LogP contribution in [0.5, 0.6) is 23.0 Å². The van der Waals surface area contributed by atoms with Gasteiger partial charge in [0, 0.05) is 24.7 Å². The number of fused-ring (bicyclic) bond motifs is 1. The average Bonchev–Trinajstić information content (AvgIpc) is 3.48. The molecule has 0 radical (unpaired) electrons. The van der Waals surface area contributed by atoms with Gasteiger partial charge in [-0.3, -0.25) is 9.69 Å². The molecule has 9 heteroatoms. The third kappa shape index (κ3) is 5.60. The van der Waals surface area contributed by atoms with E-state index in [4.69, 9.17) is 23.4 Å². The SMILES string of the molecule is COc1ccc(OC)c(CN(Cc2ccc3c(c2)OCO3)Cc2nc(C(=O)NC(C)C)co2)c1. The van der Waals surface area contributed by atoms with Gasteiger partial charge in [0.15, 0.2) is 17.2 Å². The molecule has 34 heavy (non-hydrogen) atoms. The Balaban J connectivity index is 1.58. The van der Waals surface area contributed by atoms with Crippen molar-refractivity contribution in [2.45, 2.75) is 39.5 Å². The summed E-state index contributed by atoms with van der Waals surface area (Å²) in [6.45, 7) is 5.50. The van der Waals surface area contributed by atoms with Crippen LogP contribution in [0.25, 0.3) is 0 Å². The van der Waals surface area contributed by atoms with Crippen LogP contribution < -0.4 is 24.3 Å². The van der Waals surface area contributed by atoms with Crippen LogP contribution >= 0.6 is 0 Å². The number of nitrogens with zero attached hydrogens (tertiary/aromatic N) is 2. The molecule has 1 aliphatic heterocycles. The zero-order valence-corrected chi connectivity index (χ0v) is 19.8. The number of ether oxygens (including phenoxy) is 4.